The molecule has 44 heavy (non-hydrogen) atoms. The van der Waals surface area contributed by atoms with Crippen molar-refractivity contribution in [2.24, 2.45) is 11.8 Å². The number of esters is 1. The second kappa shape index (κ2) is 15.5. The Morgan fingerprint density at radius 2 is 1.86 bits per heavy atom. The van der Waals surface area contributed by atoms with Crippen molar-refractivity contribution in [1.29, 1.82) is 0 Å². The Hall–Kier alpha value is -2.74. The Morgan fingerprint density at radius 1 is 1.05 bits per heavy atom. The van der Waals surface area contributed by atoms with Crippen molar-refractivity contribution in [3.05, 3.63) is 54.1 Å². The van der Waals surface area contributed by atoms with Crippen molar-refractivity contribution in [3.8, 4) is 11.5 Å². The smallest absolute Gasteiger partial charge is 0.306 e. The molecule has 0 unspecified atom stereocenters. The number of ether oxygens (including phenoxy) is 6. The molecule has 0 radical (unpaired) electrons. The Balaban J connectivity index is 1.37. The molecule has 12 heteroatoms. The lowest BCUT2D eigenvalue weighted by molar-refractivity contribution is -0.153. The Morgan fingerprint density at radius 3 is 2.68 bits per heavy atom. The molecule has 2 fully saturated rings. The highest BCUT2D eigenvalue weighted by Crippen LogP contribution is 2.34. The van der Waals surface area contributed by atoms with E-state index in [0.29, 0.717) is 32.0 Å². The molecule has 3 aliphatic heterocycles. The van der Waals surface area contributed by atoms with E-state index in [9.17, 15) is 18.3 Å². The summed E-state index contributed by atoms with van der Waals surface area (Å²) in [6.45, 7) is 1.62. The highest BCUT2D eigenvalue weighted by molar-refractivity contribution is 7.89. The van der Waals surface area contributed by atoms with Gasteiger partial charge in [0, 0.05) is 31.7 Å². The summed E-state index contributed by atoms with van der Waals surface area (Å²) in [5.74, 6) is -0.415. The number of sulfonamides is 1. The zero-order valence-electron chi connectivity index (χ0n) is 25.2. The number of fused-ring (bicyclic) bond motifs is 2. The Bertz CT molecular complexity index is 1320. The summed E-state index contributed by atoms with van der Waals surface area (Å²) >= 11 is 0. The van der Waals surface area contributed by atoms with E-state index in [1.165, 1.54) is 17.5 Å². The second-order valence-corrected chi connectivity index (χ2v) is 13.4. The summed E-state index contributed by atoms with van der Waals surface area (Å²) in [4.78, 5) is 13.2. The van der Waals surface area contributed by atoms with Gasteiger partial charge in [0.25, 0.3) is 0 Å². The van der Waals surface area contributed by atoms with E-state index < -0.39 is 34.1 Å². The largest absolute Gasteiger partial charge is 0.497 e. The quantitative estimate of drug-likeness (QED) is 0.411. The standard InChI is InChI=1S/C32H43NO10S/c1-38-25-10-11-30-28(20-25)40-15-7-3-6-14-39-17-13-33(44(30,36)37)21-27(34)24(18-23-8-4-2-5-9-23)19-31(35)43-29-22-42-32-26(29)12-16-41-32/h2,4-5,8-11,20,24,26-27,29,32,34H,3,6-7,12-19,21-22H2,1H3/t24-,26+,27-,29+,32-/m1/s1. The van der Waals surface area contributed by atoms with Crippen LogP contribution in [0.4, 0.5) is 0 Å². The first-order chi connectivity index (χ1) is 21.3. The van der Waals surface area contributed by atoms with Gasteiger partial charge < -0.3 is 33.5 Å². The fraction of sp³-hybridized carbons (Fsp3) is 0.594. The minimum atomic E-state index is -4.14. The van der Waals surface area contributed by atoms with E-state index >= 15 is 0 Å². The van der Waals surface area contributed by atoms with Gasteiger partial charge in [0.1, 0.15) is 22.5 Å². The molecule has 3 heterocycles. The fourth-order valence-electron chi connectivity index (χ4n) is 5.92. The fourth-order valence-corrected chi connectivity index (χ4v) is 7.47. The highest BCUT2D eigenvalue weighted by Gasteiger charge is 2.44. The van der Waals surface area contributed by atoms with Crippen LogP contribution >= 0.6 is 0 Å². The van der Waals surface area contributed by atoms with Gasteiger partial charge in [0.15, 0.2) is 6.29 Å². The molecule has 1 N–H and O–H groups in total. The third-order valence-electron chi connectivity index (χ3n) is 8.42. The predicted octanol–water partition coefficient (Wildman–Crippen LogP) is 3.18. The van der Waals surface area contributed by atoms with Gasteiger partial charge in [-0.05, 0) is 49.8 Å². The summed E-state index contributed by atoms with van der Waals surface area (Å²) in [6, 6.07) is 14.1. The predicted molar refractivity (Wildman–Crippen MR) is 160 cm³/mol. The molecular formula is C32H43NO10S. The number of rotatable bonds is 9. The van der Waals surface area contributed by atoms with Gasteiger partial charge in [0.2, 0.25) is 10.0 Å². The number of carbonyl (C=O) groups excluding carboxylic acids is 1. The topological polar surface area (TPSA) is 130 Å². The second-order valence-electron chi connectivity index (χ2n) is 11.5. The normalized spacial score (nSPS) is 25.6. The van der Waals surface area contributed by atoms with Crippen molar-refractivity contribution >= 4 is 16.0 Å². The van der Waals surface area contributed by atoms with Gasteiger partial charge in [-0.3, -0.25) is 4.79 Å². The van der Waals surface area contributed by atoms with E-state index in [1.54, 1.807) is 12.1 Å². The van der Waals surface area contributed by atoms with Crippen LogP contribution in [0.15, 0.2) is 53.4 Å². The number of methoxy groups -OCH3 is 1. The number of aliphatic hydroxyl groups excluding tert-OH is 1. The van der Waals surface area contributed by atoms with Gasteiger partial charge in [-0.25, -0.2) is 8.42 Å². The van der Waals surface area contributed by atoms with Crippen LogP contribution in [0.2, 0.25) is 0 Å². The maximum Gasteiger partial charge on any atom is 0.306 e. The summed E-state index contributed by atoms with van der Waals surface area (Å²) in [5.41, 5.74) is 0.916. The number of β-amino-alcohol motifs (C(OH)–C–C–N with tert-alkyl or cyclic N) is 1. The Labute approximate surface area is 259 Å². The van der Waals surface area contributed by atoms with E-state index in [2.05, 4.69) is 0 Å². The number of nitrogens with zero attached hydrogens (tertiary/aromatic N) is 1. The monoisotopic (exact) mass is 633 g/mol. The minimum absolute atomic E-state index is 0.00552. The van der Waals surface area contributed by atoms with Gasteiger partial charge in [-0.15, -0.1) is 0 Å². The molecule has 0 aromatic heterocycles. The van der Waals surface area contributed by atoms with Crippen molar-refractivity contribution in [1.82, 2.24) is 4.31 Å². The average Bonchev–Trinajstić information content (AvgIpc) is 3.64. The SMILES string of the molecule is COc1ccc2c(c1)OCCCCCOCCN(C[C@@H](O)[C@@H](CC(=O)O[C@H]1CO[C@H]3OCC[C@H]31)Cc1ccccc1)S2(=O)=O. The molecule has 11 nitrogen and oxygen atoms in total. The lowest BCUT2D eigenvalue weighted by atomic mass is 9.90. The molecule has 0 amide bonds. The van der Waals surface area contributed by atoms with Gasteiger partial charge >= 0.3 is 5.97 Å². The van der Waals surface area contributed by atoms with E-state index in [0.717, 1.165) is 31.2 Å². The molecule has 5 rings (SSSR count). The highest BCUT2D eigenvalue weighted by atomic mass is 32.2. The van der Waals surface area contributed by atoms with Gasteiger partial charge in [-0.2, -0.15) is 4.31 Å². The molecule has 0 aliphatic carbocycles. The molecule has 5 atom stereocenters. The maximum atomic E-state index is 14.1. The lowest BCUT2D eigenvalue weighted by Crippen LogP contribution is -2.43. The van der Waals surface area contributed by atoms with Crippen molar-refractivity contribution in [3.63, 3.8) is 0 Å². The first-order valence-corrected chi connectivity index (χ1v) is 16.8. The molecule has 3 aliphatic rings. The molecule has 2 saturated heterocycles. The first kappa shape index (κ1) is 32.6. The number of aliphatic hydroxyl groups is 1. The molecule has 2 aromatic carbocycles. The summed E-state index contributed by atoms with van der Waals surface area (Å²) < 4.78 is 63.5. The first-order valence-electron chi connectivity index (χ1n) is 15.4. The zero-order valence-corrected chi connectivity index (χ0v) is 26.0. The summed E-state index contributed by atoms with van der Waals surface area (Å²) in [6.07, 6.45) is 1.54. The number of hydrogen-bond donors (Lipinski definition) is 1. The average molecular weight is 634 g/mol. The van der Waals surface area contributed by atoms with Gasteiger partial charge in [-0.1, -0.05) is 30.3 Å². The number of benzene rings is 2. The van der Waals surface area contributed by atoms with E-state index in [4.69, 9.17) is 28.4 Å². The number of carbonyl (C=O) groups is 1. The molecule has 242 valence electrons. The molecule has 0 saturated carbocycles. The van der Waals surface area contributed by atoms with Crippen LogP contribution in [0.5, 0.6) is 11.5 Å². The van der Waals surface area contributed by atoms with Crippen LogP contribution in [0, 0.1) is 11.8 Å². The third kappa shape index (κ3) is 8.29. The summed E-state index contributed by atoms with van der Waals surface area (Å²) in [7, 11) is -2.63. The van der Waals surface area contributed by atoms with Crippen LogP contribution in [0.1, 0.15) is 37.7 Å². The van der Waals surface area contributed by atoms with E-state index in [-0.39, 0.29) is 55.6 Å². The number of hydrogen-bond acceptors (Lipinski definition) is 10. The van der Waals surface area contributed by atoms with E-state index in [1.807, 2.05) is 30.3 Å². The summed E-state index contributed by atoms with van der Waals surface area (Å²) in [5, 5.41) is 11.6. The van der Waals surface area contributed by atoms with Crippen molar-refractivity contribution in [2.75, 3.05) is 53.2 Å². The van der Waals surface area contributed by atoms with Crippen molar-refractivity contribution in [2.45, 2.75) is 61.9 Å². The zero-order chi connectivity index (χ0) is 30.9. The van der Waals surface area contributed by atoms with Gasteiger partial charge in [0.05, 0.1) is 52.0 Å². The molecule has 0 bridgehead atoms. The molecular weight excluding hydrogens is 590 g/mol. The van der Waals surface area contributed by atoms with Crippen LogP contribution in [0.25, 0.3) is 0 Å². The van der Waals surface area contributed by atoms with Crippen LogP contribution in [-0.2, 0) is 40.2 Å². The van der Waals surface area contributed by atoms with Crippen LogP contribution < -0.4 is 9.47 Å². The van der Waals surface area contributed by atoms with Crippen LogP contribution in [-0.4, -0.2) is 95.5 Å². The molecule has 2 aromatic rings. The molecule has 0 spiro atoms. The van der Waals surface area contributed by atoms with Crippen LogP contribution in [0.3, 0.4) is 0 Å². The minimum Gasteiger partial charge on any atom is -0.497 e. The maximum absolute atomic E-state index is 14.1. The Kier molecular flexibility index (Phi) is 11.5. The third-order valence-corrected chi connectivity index (χ3v) is 10.3. The van der Waals surface area contributed by atoms with Crippen molar-refractivity contribution < 1.29 is 46.7 Å². The lowest BCUT2D eigenvalue weighted by Gasteiger charge is -2.30.